The molecule has 0 aliphatic heterocycles. The predicted molar refractivity (Wildman–Crippen MR) is 95.0 cm³/mol. The number of hydrogen-bond acceptors (Lipinski definition) is 5. The summed E-state index contributed by atoms with van der Waals surface area (Å²) in [5.41, 5.74) is 0.379. The van der Waals surface area contributed by atoms with Crippen LogP contribution in [0.5, 0.6) is 11.5 Å². The van der Waals surface area contributed by atoms with Gasteiger partial charge in [-0.3, -0.25) is 9.59 Å². The Kier molecular flexibility index (Phi) is 6.35. The summed E-state index contributed by atoms with van der Waals surface area (Å²) in [6.07, 6.45) is 1.73. The van der Waals surface area contributed by atoms with Crippen molar-refractivity contribution in [3.05, 3.63) is 40.1 Å². The zero-order valence-electron chi connectivity index (χ0n) is 14.6. The van der Waals surface area contributed by atoms with Crippen LogP contribution in [0.25, 0.3) is 0 Å². The van der Waals surface area contributed by atoms with Gasteiger partial charge in [0.2, 0.25) is 5.91 Å². The third kappa shape index (κ3) is 4.93. The summed E-state index contributed by atoms with van der Waals surface area (Å²) in [5.74, 6) is 0.448. The maximum atomic E-state index is 12.4. The Morgan fingerprint density at radius 1 is 1.24 bits per heavy atom. The molecule has 0 atom stereocenters. The highest BCUT2D eigenvalue weighted by molar-refractivity contribution is 7.07. The van der Waals surface area contributed by atoms with Crippen molar-refractivity contribution in [2.75, 3.05) is 14.2 Å². The van der Waals surface area contributed by atoms with E-state index in [1.54, 1.807) is 34.3 Å². The Hall–Kier alpha value is -2.61. The third-order valence-corrected chi connectivity index (χ3v) is 4.05. The highest BCUT2D eigenvalue weighted by Crippen LogP contribution is 2.27. The summed E-state index contributed by atoms with van der Waals surface area (Å²) < 4.78 is 12.0. The second kappa shape index (κ2) is 8.48. The number of aromatic nitrogens is 1. The molecule has 0 saturated heterocycles. The highest BCUT2D eigenvalue weighted by atomic mass is 32.1. The van der Waals surface area contributed by atoms with E-state index >= 15 is 0 Å². The van der Waals surface area contributed by atoms with Gasteiger partial charge in [-0.15, -0.1) is 11.3 Å². The van der Waals surface area contributed by atoms with Gasteiger partial charge in [-0.05, 0) is 32.0 Å². The van der Waals surface area contributed by atoms with Crippen LogP contribution in [-0.4, -0.2) is 36.6 Å². The molecule has 2 amide bonds. The monoisotopic (exact) mass is 363 g/mol. The largest absolute Gasteiger partial charge is 0.493 e. The SMILES string of the molecule is COc1ccc(C(=O)N=c2sccn2CC(=O)NC(C)C)cc1OC. The smallest absolute Gasteiger partial charge is 0.279 e. The number of nitrogens with zero attached hydrogens (tertiary/aromatic N) is 2. The van der Waals surface area contributed by atoms with Gasteiger partial charge in [-0.1, -0.05) is 0 Å². The summed E-state index contributed by atoms with van der Waals surface area (Å²) >= 11 is 1.29. The minimum absolute atomic E-state index is 0.0560. The first kappa shape index (κ1) is 18.7. The third-order valence-electron chi connectivity index (χ3n) is 3.25. The zero-order valence-corrected chi connectivity index (χ0v) is 15.4. The molecule has 0 radical (unpaired) electrons. The van der Waals surface area contributed by atoms with Gasteiger partial charge in [0.15, 0.2) is 16.3 Å². The van der Waals surface area contributed by atoms with Crippen LogP contribution in [-0.2, 0) is 11.3 Å². The topological polar surface area (TPSA) is 81.9 Å². The van der Waals surface area contributed by atoms with Crippen LogP contribution in [0.15, 0.2) is 34.8 Å². The fourth-order valence-electron chi connectivity index (χ4n) is 2.15. The number of rotatable bonds is 6. The van der Waals surface area contributed by atoms with Gasteiger partial charge in [0.05, 0.1) is 14.2 Å². The fourth-order valence-corrected chi connectivity index (χ4v) is 2.88. The number of nitrogens with one attached hydrogen (secondary N) is 1. The Morgan fingerprint density at radius 3 is 2.60 bits per heavy atom. The fraction of sp³-hybridized carbons (Fsp3) is 0.353. The van der Waals surface area contributed by atoms with Gasteiger partial charge >= 0.3 is 0 Å². The molecule has 0 fully saturated rings. The van der Waals surface area contributed by atoms with Crippen LogP contribution in [0.1, 0.15) is 24.2 Å². The number of ether oxygens (including phenoxy) is 2. The van der Waals surface area contributed by atoms with Gasteiger partial charge in [0, 0.05) is 23.2 Å². The number of benzene rings is 1. The van der Waals surface area contributed by atoms with Crippen molar-refractivity contribution in [2.45, 2.75) is 26.4 Å². The van der Waals surface area contributed by atoms with E-state index in [1.807, 2.05) is 13.8 Å². The van der Waals surface area contributed by atoms with E-state index in [2.05, 4.69) is 10.3 Å². The van der Waals surface area contributed by atoms with Crippen molar-refractivity contribution in [1.82, 2.24) is 9.88 Å². The molecular formula is C17H21N3O4S. The first-order chi connectivity index (χ1) is 11.9. The predicted octanol–water partition coefficient (Wildman–Crippen LogP) is 1.83. The van der Waals surface area contributed by atoms with Crippen molar-refractivity contribution in [2.24, 2.45) is 4.99 Å². The molecular weight excluding hydrogens is 342 g/mol. The molecule has 1 N–H and O–H groups in total. The minimum atomic E-state index is -0.415. The number of methoxy groups -OCH3 is 2. The van der Waals surface area contributed by atoms with E-state index in [1.165, 1.54) is 25.6 Å². The Morgan fingerprint density at radius 2 is 1.96 bits per heavy atom. The Labute approximate surface area is 149 Å². The zero-order chi connectivity index (χ0) is 18.4. The van der Waals surface area contributed by atoms with E-state index in [0.717, 1.165) is 0 Å². The van der Waals surface area contributed by atoms with E-state index in [9.17, 15) is 9.59 Å². The molecule has 2 aromatic rings. The summed E-state index contributed by atoms with van der Waals surface area (Å²) in [7, 11) is 3.03. The Balaban J connectivity index is 2.25. The molecule has 8 heteroatoms. The van der Waals surface area contributed by atoms with Crippen molar-refractivity contribution >= 4 is 23.2 Å². The summed E-state index contributed by atoms with van der Waals surface area (Å²) in [5, 5.41) is 4.59. The lowest BCUT2D eigenvalue weighted by atomic mass is 10.2. The number of amides is 2. The minimum Gasteiger partial charge on any atom is -0.493 e. The number of thiazole rings is 1. The molecule has 1 heterocycles. The van der Waals surface area contributed by atoms with Crippen LogP contribution in [0.2, 0.25) is 0 Å². The average Bonchev–Trinajstić information content (AvgIpc) is 2.99. The molecule has 0 saturated carbocycles. The summed E-state index contributed by atoms with van der Waals surface area (Å²) in [6, 6.07) is 4.91. The molecule has 0 unspecified atom stereocenters. The highest BCUT2D eigenvalue weighted by Gasteiger charge is 2.11. The molecule has 7 nitrogen and oxygen atoms in total. The molecule has 0 bridgehead atoms. The van der Waals surface area contributed by atoms with Crippen LogP contribution >= 0.6 is 11.3 Å². The van der Waals surface area contributed by atoms with E-state index in [0.29, 0.717) is 21.9 Å². The second-order valence-corrected chi connectivity index (χ2v) is 6.40. The molecule has 0 aliphatic carbocycles. The number of carbonyl (C=O) groups is 2. The van der Waals surface area contributed by atoms with Crippen molar-refractivity contribution < 1.29 is 19.1 Å². The molecule has 25 heavy (non-hydrogen) atoms. The van der Waals surface area contributed by atoms with Gasteiger partial charge < -0.3 is 19.4 Å². The molecule has 0 spiro atoms. The van der Waals surface area contributed by atoms with Crippen LogP contribution in [0, 0.1) is 0 Å². The lowest BCUT2D eigenvalue weighted by molar-refractivity contribution is -0.122. The maximum absolute atomic E-state index is 12.4. The lowest BCUT2D eigenvalue weighted by Crippen LogP contribution is -2.35. The first-order valence-electron chi connectivity index (χ1n) is 7.69. The van der Waals surface area contributed by atoms with Crippen molar-refractivity contribution in [3.63, 3.8) is 0 Å². The van der Waals surface area contributed by atoms with Crippen LogP contribution in [0.4, 0.5) is 0 Å². The number of carbonyl (C=O) groups excluding carboxylic acids is 2. The van der Waals surface area contributed by atoms with Crippen LogP contribution < -0.4 is 19.6 Å². The van der Waals surface area contributed by atoms with E-state index in [4.69, 9.17) is 9.47 Å². The van der Waals surface area contributed by atoms with E-state index in [-0.39, 0.29) is 18.5 Å². The van der Waals surface area contributed by atoms with Gasteiger partial charge in [-0.25, -0.2) is 0 Å². The van der Waals surface area contributed by atoms with E-state index < -0.39 is 5.91 Å². The van der Waals surface area contributed by atoms with Crippen molar-refractivity contribution in [3.8, 4) is 11.5 Å². The summed E-state index contributed by atoms with van der Waals surface area (Å²) in [4.78, 5) is 28.9. The van der Waals surface area contributed by atoms with Gasteiger partial charge in [0.25, 0.3) is 5.91 Å². The molecule has 134 valence electrons. The lowest BCUT2D eigenvalue weighted by Gasteiger charge is -2.09. The first-order valence-corrected chi connectivity index (χ1v) is 8.57. The number of hydrogen-bond donors (Lipinski definition) is 1. The van der Waals surface area contributed by atoms with Crippen molar-refractivity contribution in [1.29, 1.82) is 0 Å². The second-order valence-electron chi connectivity index (χ2n) is 5.52. The van der Waals surface area contributed by atoms with Gasteiger partial charge in [0.1, 0.15) is 6.54 Å². The van der Waals surface area contributed by atoms with Gasteiger partial charge in [-0.2, -0.15) is 4.99 Å². The quantitative estimate of drug-likeness (QED) is 0.849. The molecule has 1 aromatic heterocycles. The average molecular weight is 363 g/mol. The molecule has 0 aliphatic rings. The maximum Gasteiger partial charge on any atom is 0.279 e. The standard InChI is InChI=1S/C17H21N3O4S/c1-11(2)18-15(21)10-20-7-8-25-17(20)19-16(22)12-5-6-13(23-3)14(9-12)24-4/h5-9,11H,10H2,1-4H3,(H,18,21). The normalized spacial score (nSPS) is 11.5. The van der Waals surface area contributed by atoms with Crippen LogP contribution in [0.3, 0.4) is 0 Å². The Bertz CT molecular complexity index is 823. The molecule has 2 rings (SSSR count). The summed E-state index contributed by atoms with van der Waals surface area (Å²) in [6.45, 7) is 3.89. The molecule has 1 aromatic carbocycles.